The Morgan fingerprint density at radius 2 is 1.83 bits per heavy atom. The maximum absolute atomic E-state index is 12.0. The number of morpholine rings is 1. The molecule has 4 nitrogen and oxygen atoms in total. The Hall–Kier alpha value is -1.20. The van der Waals surface area contributed by atoms with Crippen LogP contribution < -0.4 is 4.74 Å². The second-order valence-electron chi connectivity index (χ2n) is 5.70. The van der Waals surface area contributed by atoms with Gasteiger partial charge in [-0.15, -0.1) is 11.8 Å². The molecule has 1 aromatic carbocycles. The van der Waals surface area contributed by atoms with Gasteiger partial charge in [0, 0.05) is 18.0 Å². The third-order valence-electron chi connectivity index (χ3n) is 3.81. The van der Waals surface area contributed by atoms with E-state index in [1.54, 1.807) is 4.90 Å². The zero-order valence-corrected chi connectivity index (χ0v) is 14.8. The minimum atomic E-state index is -0.287. The Morgan fingerprint density at radius 3 is 2.52 bits per heavy atom. The van der Waals surface area contributed by atoms with Crippen LogP contribution in [0.5, 0.6) is 5.75 Å². The van der Waals surface area contributed by atoms with Crippen molar-refractivity contribution in [3.8, 4) is 5.75 Å². The quantitative estimate of drug-likeness (QED) is 0.514. The molecule has 0 radical (unpaired) electrons. The number of hydrogen-bond donors (Lipinski definition) is 0. The van der Waals surface area contributed by atoms with Gasteiger partial charge in [0.05, 0.1) is 13.2 Å². The molecule has 1 aliphatic heterocycles. The van der Waals surface area contributed by atoms with Crippen LogP contribution in [0.25, 0.3) is 0 Å². The van der Waals surface area contributed by atoms with Crippen LogP contribution in [0.4, 0.5) is 4.79 Å². The highest BCUT2D eigenvalue weighted by Crippen LogP contribution is 2.23. The summed E-state index contributed by atoms with van der Waals surface area (Å²) < 4.78 is 10.6. The Kier molecular flexibility index (Phi) is 8.32. The molecule has 0 spiro atoms. The first-order valence-corrected chi connectivity index (χ1v) is 9.55. The average Bonchev–Trinajstić information content (AvgIpc) is 2.60. The number of carbonyl (C=O) groups is 1. The molecular weight excluding hydrogens is 310 g/mol. The molecule has 0 N–H and O–H groups in total. The summed E-state index contributed by atoms with van der Waals surface area (Å²) in [5.41, 5.74) is 0. The number of ether oxygens (including phenoxy) is 2. The van der Waals surface area contributed by atoms with E-state index < -0.39 is 0 Å². The molecule has 23 heavy (non-hydrogen) atoms. The van der Waals surface area contributed by atoms with Crippen molar-refractivity contribution >= 4 is 17.9 Å². The summed E-state index contributed by atoms with van der Waals surface area (Å²) in [6.07, 6.45) is 6.26. The number of benzene rings is 1. The van der Waals surface area contributed by atoms with Crippen LogP contribution in [-0.4, -0.2) is 43.0 Å². The molecule has 1 saturated heterocycles. The summed E-state index contributed by atoms with van der Waals surface area (Å²) in [6, 6.07) is 7.80. The Morgan fingerprint density at radius 1 is 1.13 bits per heavy atom. The van der Waals surface area contributed by atoms with Crippen LogP contribution in [0, 0.1) is 0 Å². The van der Waals surface area contributed by atoms with E-state index in [0.29, 0.717) is 32.1 Å². The van der Waals surface area contributed by atoms with Gasteiger partial charge in [-0.3, -0.25) is 0 Å². The molecule has 0 bridgehead atoms. The number of thioether (sulfide) groups is 1. The van der Waals surface area contributed by atoms with Gasteiger partial charge < -0.3 is 14.4 Å². The Bertz CT molecular complexity index is 458. The van der Waals surface area contributed by atoms with Crippen LogP contribution in [-0.2, 0) is 4.74 Å². The summed E-state index contributed by atoms with van der Waals surface area (Å²) in [4.78, 5) is 14.9. The number of rotatable bonds is 8. The van der Waals surface area contributed by atoms with Crippen molar-refractivity contribution in [2.24, 2.45) is 0 Å². The van der Waals surface area contributed by atoms with E-state index in [4.69, 9.17) is 9.47 Å². The van der Waals surface area contributed by atoms with Gasteiger partial charge in [0.15, 0.2) is 0 Å². The highest BCUT2D eigenvalue weighted by atomic mass is 32.2. The normalized spacial score (nSPS) is 14.7. The highest BCUT2D eigenvalue weighted by Gasteiger charge is 2.18. The molecule has 2 rings (SSSR count). The van der Waals surface area contributed by atoms with Gasteiger partial charge in [0.1, 0.15) is 5.75 Å². The van der Waals surface area contributed by atoms with E-state index in [0.717, 1.165) is 5.75 Å². The third-order valence-corrected chi connectivity index (χ3v) is 4.91. The minimum absolute atomic E-state index is 0.287. The summed E-state index contributed by atoms with van der Waals surface area (Å²) in [6.45, 7) is 4.61. The van der Waals surface area contributed by atoms with Crippen molar-refractivity contribution in [2.45, 2.75) is 43.9 Å². The van der Waals surface area contributed by atoms with E-state index >= 15 is 0 Å². The third kappa shape index (κ3) is 6.83. The molecule has 1 aromatic rings. The van der Waals surface area contributed by atoms with Gasteiger partial charge in [-0.05, 0) is 36.4 Å². The number of carbonyl (C=O) groups excluding carboxylic acids is 1. The average molecular weight is 337 g/mol. The molecule has 128 valence electrons. The smallest absolute Gasteiger partial charge is 0.410 e. The van der Waals surface area contributed by atoms with Crippen molar-refractivity contribution in [3.05, 3.63) is 24.3 Å². The van der Waals surface area contributed by atoms with E-state index in [9.17, 15) is 4.79 Å². The highest BCUT2D eigenvalue weighted by molar-refractivity contribution is 7.99. The van der Waals surface area contributed by atoms with Crippen LogP contribution in [0.2, 0.25) is 0 Å². The molecule has 0 aromatic heterocycles. The molecule has 0 saturated carbocycles. The Balaban J connectivity index is 1.68. The number of nitrogens with zero attached hydrogens (tertiary/aromatic N) is 1. The number of unbranched alkanes of at least 4 members (excludes halogenated alkanes) is 4. The fourth-order valence-electron chi connectivity index (χ4n) is 2.41. The van der Waals surface area contributed by atoms with Gasteiger partial charge in [-0.25, -0.2) is 4.79 Å². The van der Waals surface area contributed by atoms with E-state index in [-0.39, 0.29) is 6.09 Å². The number of hydrogen-bond acceptors (Lipinski definition) is 4. The first kappa shape index (κ1) is 18.1. The zero-order chi connectivity index (χ0) is 16.3. The van der Waals surface area contributed by atoms with Gasteiger partial charge in [0.2, 0.25) is 0 Å². The molecule has 0 unspecified atom stereocenters. The summed E-state index contributed by atoms with van der Waals surface area (Å²) in [7, 11) is 0. The molecular formula is C18H27NO3S. The van der Waals surface area contributed by atoms with Crippen molar-refractivity contribution in [2.75, 3.05) is 32.1 Å². The fourth-order valence-corrected chi connectivity index (χ4v) is 3.32. The monoisotopic (exact) mass is 337 g/mol. The summed E-state index contributed by atoms with van der Waals surface area (Å²) in [5.74, 6) is 1.75. The Labute approximate surface area is 143 Å². The van der Waals surface area contributed by atoms with Crippen LogP contribution >= 0.6 is 11.8 Å². The SMILES string of the molecule is CCCCCCCSc1ccc(OC(=O)N2CCOCC2)cc1. The minimum Gasteiger partial charge on any atom is -0.410 e. The molecule has 0 aliphatic carbocycles. The van der Waals surface area contributed by atoms with Crippen molar-refractivity contribution in [3.63, 3.8) is 0 Å². The van der Waals surface area contributed by atoms with E-state index in [2.05, 4.69) is 6.92 Å². The predicted octanol–water partition coefficient (Wildman–Crippen LogP) is 4.58. The first-order valence-electron chi connectivity index (χ1n) is 8.57. The largest absolute Gasteiger partial charge is 0.415 e. The molecule has 1 aliphatic rings. The standard InChI is InChI=1S/C18H27NO3S/c1-2-3-4-5-6-15-23-17-9-7-16(8-10-17)22-18(20)19-11-13-21-14-12-19/h7-10H,2-6,11-15H2,1H3. The van der Waals surface area contributed by atoms with Crippen LogP contribution in [0.15, 0.2) is 29.2 Å². The van der Waals surface area contributed by atoms with Crippen molar-refractivity contribution in [1.29, 1.82) is 0 Å². The predicted molar refractivity (Wildman–Crippen MR) is 94.3 cm³/mol. The number of amides is 1. The lowest BCUT2D eigenvalue weighted by atomic mass is 10.2. The summed E-state index contributed by atoms with van der Waals surface area (Å²) >= 11 is 1.87. The lowest BCUT2D eigenvalue weighted by molar-refractivity contribution is 0.0416. The van der Waals surface area contributed by atoms with Gasteiger partial charge in [0.25, 0.3) is 0 Å². The fraction of sp³-hybridized carbons (Fsp3) is 0.611. The second kappa shape index (κ2) is 10.6. The topological polar surface area (TPSA) is 38.8 Å². The molecule has 1 heterocycles. The zero-order valence-electron chi connectivity index (χ0n) is 14.0. The van der Waals surface area contributed by atoms with Crippen LogP contribution in [0.3, 0.4) is 0 Å². The second-order valence-corrected chi connectivity index (χ2v) is 6.87. The van der Waals surface area contributed by atoms with Gasteiger partial charge in [-0.2, -0.15) is 0 Å². The molecule has 0 atom stereocenters. The maximum atomic E-state index is 12.0. The van der Waals surface area contributed by atoms with Crippen LogP contribution in [0.1, 0.15) is 39.0 Å². The molecule has 5 heteroatoms. The van der Waals surface area contributed by atoms with Gasteiger partial charge >= 0.3 is 6.09 Å². The molecule has 1 amide bonds. The lowest BCUT2D eigenvalue weighted by Crippen LogP contribution is -2.42. The first-order chi connectivity index (χ1) is 11.3. The van der Waals surface area contributed by atoms with E-state index in [1.165, 1.54) is 37.0 Å². The van der Waals surface area contributed by atoms with Crippen molar-refractivity contribution < 1.29 is 14.3 Å². The molecule has 1 fully saturated rings. The van der Waals surface area contributed by atoms with E-state index in [1.807, 2.05) is 36.0 Å². The lowest BCUT2D eigenvalue weighted by Gasteiger charge is -2.25. The summed E-state index contributed by atoms with van der Waals surface area (Å²) in [5, 5.41) is 0. The van der Waals surface area contributed by atoms with Crippen molar-refractivity contribution in [1.82, 2.24) is 4.90 Å². The maximum Gasteiger partial charge on any atom is 0.415 e. The van der Waals surface area contributed by atoms with Gasteiger partial charge in [-0.1, -0.05) is 32.6 Å².